The number of amides is 1. The van der Waals surface area contributed by atoms with E-state index in [0.717, 1.165) is 6.42 Å². The minimum Gasteiger partial charge on any atom is -0.329 e. The number of halogens is 1. The summed E-state index contributed by atoms with van der Waals surface area (Å²) in [7, 11) is 0. The van der Waals surface area contributed by atoms with Crippen LogP contribution in [0.25, 0.3) is 10.9 Å². The molecule has 6 heteroatoms. The van der Waals surface area contributed by atoms with Crippen molar-refractivity contribution in [2.24, 2.45) is 5.92 Å². The minimum absolute atomic E-state index is 0.0843. The zero-order valence-electron chi connectivity index (χ0n) is 17.9. The summed E-state index contributed by atoms with van der Waals surface area (Å²) in [4.78, 5) is 33.1. The molecule has 0 radical (unpaired) electrons. The third kappa shape index (κ3) is 4.41. The lowest BCUT2D eigenvalue weighted by Crippen LogP contribution is -2.38. The summed E-state index contributed by atoms with van der Waals surface area (Å²) in [6, 6.07) is 14.0. The number of para-hydroxylation sites is 1. The van der Waals surface area contributed by atoms with E-state index in [1.807, 2.05) is 32.0 Å². The molecule has 1 heterocycles. The normalized spacial score (nSPS) is 12.3. The second-order valence-corrected chi connectivity index (χ2v) is 8.28. The fourth-order valence-electron chi connectivity index (χ4n) is 3.61. The van der Waals surface area contributed by atoms with E-state index in [1.54, 1.807) is 39.8 Å². The molecule has 3 rings (SSSR count). The van der Waals surface area contributed by atoms with Gasteiger partial charge in [-0.25, -0.2) is 4.98 Å². The van der Waals surface area contributed by atoms with Gasteiger partial charge in [0.15, 0.2) is 0 Å². The number of aromatic nitrogens is 2. The summed E-state index contributed by atoms with van der Waals surface area (Å²) < 4.78 is 1.66. The molecule has 5 nitrogen and oxygen atoms in total. The van der Waals surface area contributed by atoms with Gasteiger partial charge < -0.3 is 4.90 Å². The van der Waals surface area contributed by atoms with E-state index in [2.05, 4.69) is 13.8 Å². The standard InChI is InChI=1S/C24H28ClN3O2/c1-5-27-22(26-21-13-9-7-11-19(21)24(27)30)17(4)28(15-14-16(2)3)23(29)18-10-6-8-12-20(18)25/h6-13,16-17H,5,14-15H2,1-4H3. The molecule has 2 aromatic carbocycles. The van der Waals surface area contributed by atoms with Gasteiger partial charge in [-0.3, -0.25) is 14.2 Å². The van der Waals surface area contributed by atoms with Gasteiger partial charge in [-0.2, -0.15) is 0 Å². The van der Waals surface area contributed by atoms with Crippen LogP contribution in [0.4, 0.5) is 0 Å². The maximum absolute atomic E-state index is 13.5. The molecule has 0 saturated carbocycles. The van der Waals surface area contributed by atoms with Gasteiger partial charge >= 0.3 is 0 Å². The fourth-order valence-corrected chi connectivity index (χ4v) is 3.82. The van der Waals surface area contributed by atoms with E-state index in [1.165, 1.54) is 0 Å². The molecule has 30 heavy (non-hydrogen) atoms. The third-order valence-corrected chi connectivity index (χ3v) is 5.69. The fraction of sp³-hybridized carbons (Fsp3) is 0.375. The van der Waals surface area contributed by atoms with E-state index in [4.69, 9.17) is 16.6 Å². The summed E-state index contributed by atoms with van der Waals surface area (Å²) in [6.45, 7) is 9.13. The molecule has 0 aliphatic rings. The van der Waals surface area contributed by atoms with Crippen molar-refractivity contribution in [2.45, 2.75) is 46.7 Å². The van der Waals surface area contributed by atoms with Gasteiger partial charge in [0.25, 0.3) is 11.5 Å². The summed E-state index contributed by atoms with van der Waals surface area (Å²) in [6.07, 6.45) is 0.838. The molecule has 158 valence electrons. The second-order valence-electron chi connectivity index (χ2n) is 7.87. The van der Waals surface area contributed by atoms with E-state index in [0.29, 0.717) is 46.3 Å². The van der Waals surface area contributed by atoms with Crippen LogP contribution in [-0.4, -0.2) is 26.9 Å². The lowest BCUT2D eigenvalue weighted by molar-refractivity contribution is 0.0669. The lowest BCUT2D eigenvalue weighted by Gasteiger charge is -2.31. The van der Waals surface area contributed by atoms with Crippen LogP contribution in [0, 0.1) is 5.92 Å². The van der Waals surface area contributed by atoms with Crippen LogP contribution in [0.2, 0.25) is 5.02 Å². The Bertz CT molecular complexity index is 1110. The Hall–Kier alpha value is -2.66. The number of hydrogen-bond acceptors (Lipinski definition) is 3. The minimum atomic E-state index is -0.384. The van der Waals surface area contributed by atoms with Crippen LogP contribution in [0.3, 0.4) is 0 Å². The van der Waals surface area contributed by atoms with Crippen molar-refractivity contribution >= 4 is 28.4 Å². The molecular formula is C24H28ClN3O2. The van der Waals surface area contributed by atoms with Crippen molar-refractivity contribution in [1.29, 1.82) is 0 Å². The van der Waals surface area contributed by atoms with E-state index in [9.17, 15) is 9.59 Å². The van der Waals surface area contributed by atoms with Gasteiger partial charge in [0.1, 0.15) is 5.82 Å². The number of carbonyl (C=O) groups excluding carboxylic acids is 1. The molecule has 3 aromatic rings. The van der Waals surface area contributed by atoms with Crippen LogP contribution in [0.1, 0.15) is 56.3 Å². The van der Waals surface area contributed by atoms with Crippen LogP contribution in [-0.2, 0) is 6.54 Å². The SMILES string of the molecule is CCn1c(C(C)N(CCC(C)C)C(=O)c2ccccc2Cl)nc2ccccc2c1=O. The molecule has 1 atom stereocenters. The monoisotopic (exact) mass is 425 g/mol. The smallest absolute Gasteiger partial charge is 0.261 e. The first kappa shape index (κ1) is 22.0. The first-order chi connectivity index (χ1) is 14.3. The average molecular weight is 426 g/mol. The molecule has 0 fully saturated rings. The maximum atomic E-state index is 13.5. The highest BCUT2D eigenvalue weighted by atomic mass is 35.5. The van der Waals surface area contributed by atoms with Gasteiger partial charge in [-0.05, 0) is 50.5 Å². The van der Waals surface area contributed by atoms with Crippen molar-refractivity contribution in [3.05, 3.63) is 75.3 Å². The Balaban J connectivity index is 2.11. The van der Waals surface area contributed by atoms with Crippen molar-refractivity contribution in [1.82, 2.24) is 14.5 Å². The number of benzene rings is 2. The zero-order chi connectivity index (χ0) is 21.8. The van der Waals surface area contributed by atoms with Crippen LogP contribution in [0.15, 0.2) is 53.3 Å². The maximum Gasteiger partial charge on any atom is 0.261 e. The predicted molar refractivity (Wildman–Crippen MR) is 122 cm³/mol. The molecule has 0 bridgehead atoms. The van der Waals surface area contributed by atoms with Gasteiger partial charge in [-0.1, -0.05) is 49.7 Å². The van der Waals surface area contributed by atoms with Crippen LogP contribution in [0.5, 0.6) is 0 Å². The van der Waals surface area contributed by atoms with Crippen molar-refractivity contribution < 1.29 is 4.79 Å². The second kappa shape index (κ2) is 9.43. The van der Waals surface area contributed by atoms with Crippen molar-refractivity contribution in [3.8, 4) is 0 Å². The predicted octanol–water partition coefficient (Wildman–Crippen LogP) is 5.32. The first-order valence-electron chi connectivity index (χ1n) is 10.4. The van der Waals surface area contributed by atoms with E-state index >= 15 is 0 Å². The van der Waals surface area contributed by atoms with Crippen molar-refractivity contribution in [2.75, 3.05) is 6.54 Å². The molecule has 1 amide bonds. The Morgan fingerprint density at radius 1 is 1.10 bits per heavy atom. The largest absolute Gasteiger partial charge is 0.329 e. The summed E-state index contributed by atoms with van der Waals surface area (Å²) >= 11 is 6.32. The molecule has 0 aliphatic heterocycles. The number of fused-ring (bicyclic) bond motifs is 1. The van der Waals surface area contributed by atoms with E-state index in [-0.39, 0.29) is 17.5 Å². The molecular weight excluding hydrogens is 398 g/mol. The first-order valence-corrected chi connectivity index (χ1v) is 10.8. The quantitative estimate of drug-likeness (QED) is 0.514. The summed E-state index contributed by atoms with van der Waals surface area (Å²) in [5, 5.41) is 1.00. The Morgan fingerprint density at radius 2 is 1.77 bits per heavy atom. The third-order valence-electron chi connectivity index (χ3n) is 5.36. The number of rotatable bonds is 7. The van der Waals surface area contributed by atoms with Gasteiger partial charge in [-0.15, -0.1) is 0 Å². The van der Waals surface area contributed by atoms with Crippen LogP contribution < -0.4 is 5.56 Å². The molecule has 1 unspecified atom stereocenters. The Morgan fingerprint density at radius 3 is 2.43 bits per heavy atom. The van der Waals surface area contributed by atoms with Crippen LogP contribution >= 0.6 is 11.6 Å². The topological polar surface area (TPSA) is 55.2 Å². The highest BCUT2D eigenvalue weighted by Crippen LogP contribution is 2.26. The molecule has 0 saturated heterocycles. The molecule has 0 spiro atoms. The summed E-state index contributed by atoms with van der Waals surface area (Å²) in [5.74, 6) is 0.862. The number of carbonyl (C=O) groups is 1. The zero-order valence-corrected chi connectivity index (χ0v) is 18.7. The Labute approximate surface area is 182 Å². The van der Waals surface area contributed by atoms with Gasteiger partial charge in [0, 0.05) is 13.1 Å². The van der Waals surface area contributed by atoms with Gasteiger partial charge in [0.2, 0.25) is 0 Å². The molecule has 0 N–H and O–H groups in total. The lowest BCUT2D eigenvalue weighted by atomic mass is 10.1. The van der Waals surface area contributed by atoms with E-state index < -0.39 is 0 Å². The average Bonchev–Trinajstić information content (AvgIpc) is 2.73. The Kier molecular flexibility index (Phi) is 6.93. The van der Waals surface area contributed by atoms with Gasteiger partial charge in [0.05, 0.1) is 27.5 Å². The number of hydrogen-bond donors (Lipinski definition) is 0. The highest BCUT2D eigenvalue weighted by molar-refractivity contribution is 6.33. The molecule has 1 aromatic heterocycles. The number of nitrogens with zero attached hydrogens (tertiary/aromatic N) is 3. The summed E-state index contributed by atoms with van der Waals surface area (Å²) in [5.41, 5.74) is 1.02. The molecule has 0 aliphatic carbocycles. The van der Waals surface area contributed by atoms with Crippen molar-refractivity contribution in [3.63, 3.8) is 0 Å². The highest BCUT2D eigenvalue weighted by Gasteiger charge is 2.27.